The normalized spacial score (nSPS) is 19.9. The molecule has 0 atom stereocenters. The number of ether oxygens (including phenoxy) is 3. The second kappa shape index (κ2) is 8.29. The third-order valence-corrected chi connectivity index (χ3v) is 3.83. The van der Waals surface area contributed by atoms with Gasteiger partial charge in [0.05, 0.1) is 13.2 Å². The molecule has 0 aromatic heterocycles. The largest absolute Gasteiger partial charge is 0.382 e. The minimum absolute atomic E-state index is 0.296. The van der Waals surface area contributed by atoms with Crippen molar-refractivity contribution in [2.45, 2.75) is 25.7 Å². The fourth-order valence-electron chi connectivity index (χ4n) is 2.05. The lowest BCUT2D eigenvalue weighted by Crippen LogP contribution is -2.31. The summed E-state index contributed by atoms with van der Waals surface area (Å²) < 4.78 is 15.8. The number of rotatable bonds is 8. The van der Waals surface area contributed by atoms with Gasteiger partial charge in [-0.1, -0.05) is 0 Å². The first kappa shape index (κ1) is 14.2. The zero-order valence-corrected chi connectivity index (χ0v) is 10.9. The molecule has 0 spiro atoms. The summed E-state index contributed by atoms with van der Waals surface area (Å²) in [5.41, 5.74) is 0.296. The molecular weight excluding hydrogens is 228 g/mol. The van der Waals surface area contributed by atoms with E-state index in [2.05, 4.69) is 0 Å². The van der Waals surface area contributed by atoms with Crippen molar-refractivity contribution in [3.05, 3.63) is 0 Å². The summed E-state index contributed by atoms with van der Waals surface area (Å²) in [6, 6.07) is 0. The monoisotopic (exact) mass is 250 g/mol. The van der Waals surface area contributed by atoms with Crippen LogP contribution in [-0.4, -0.2) is 46.0 Å². The molecule has 0 unspecified atom stereocenters. The second-order valence-electron chi connectivity index (χ2n) is 4.45. The van der Waals surface area contributed by atoms with E-state index in [0.29, 0.717) is 18.6 Å². The highest BCUT2D eigenvalue weighted by molar-refractivity contribution is 6.18. The van der Waals surface area contributed by atoms with Crippen molar-refractivity contribution >= 4 is 11.6 Å². The highest BCUT2D eigenvalue weighted by atomic mass is 35.5. The lowest BCUT2D eigenvalue weighted by atomic mass is 9.78. The molecular formula is C12H23ClO3. The van der Waals surface area contributed by atoms with Crippen molar-refractivity contribution < 1.29 is 14.2 Å². The predicted octanol–water partition coefficient (Wildman–Crippen LogP) is 2.47. The van der Waals surface area contributed by atoms with Gasteiger partial charge < -0.3 is 14.2 Å². The molecule has 1 aliphatic rings. The van der Waals surface area contributed by atoms with Crippen molar-refractivity contribution in [3.63, 3.8) is 0 Å². The molecule has 0 N–H and O–H groups in total. The number of hydrogen-bond acceptors (Lipinski definition) is 3. The van der Waals surface area contributed by atoms with E-state index >= 15 is 0 Å². The van der Waals surface area contributed by atoms with Crippen LogP contribution in [0.3, 0.4) is 0 Å². The molecule has 0 radical (unpaired) electrons. The first-order valence-electron chi connectivity index (χ1n) is 6.03. The smallest absolute Gasteiger partial charge is 0.0700 e. The van der Waals surface area contributed by atoms with Crippen LogP contribution in [0.5, 0.6) is 0 Å². The maximum absolute atomic E-state index is 6.08. The number of alkyl halides is 1. The Morgan fingerprint density at radius 2 is 1.94 bits per heavy atom. The van der Waals surface area contributed by atoms with Crippen LogP contribution < -0.4 is 0 Å². The summed E-state index contributed by atoms with van der Waals surface area (Å²) in [7, 11) is 1.69. The van der Waals surface area contributed by atoms with Gasteiger partial charge in [0, 0.05) is 32.8 Å². The van der Waals surface area contributed by atoms with Crippen LogP contribution in [0.1, 0.15) is 25.7 Å². The van der Waals surface area contributed by atoms with Gasteiger partial charge in [0.15, 0.2) is 0 Å². The van der Waals surface area contributed by atoms with Gasteiger partial charge in [0.25, 0.3) is 0 Å². The summed E-state index contributed by atoms with van der Waals surface area (Å²) in [6.45, 7) is 3.89. The minimum Gasteiger partial charge on any atom is -0.382 e. The zero-order chi connectivity index (χ0) is 11.7. The minimum atomic E-state index is 0.296. The molecule has 0 saturated carbocycles. The van der Waals surface area contributed by atoms with Gasteiger partial charge in [-0.05, 0) is 31.1 Å². The summed E-state index contributed by atoms with van der Waals surface area (Å²) in [4.78, 5) is 0. The Morgan fingerprint density at radius 1 is 1.19 bits per heavy atom. The average Bonchev–Trinajstić information content (AvgIpc) is 2.35. The maximum atomic E-state index is 6.08. The average molecular weight is 251 g/mol. The fraction of sp³-hybridized carbons (Fsp3) is 1.00. The lowest BCUT2D eigenvalue weighted by Gasteiger charge is -2.35. The summed E-state index contributed by atoms with van der Waals surface area (Å²) in [5, 5.41) is 0. The van der Waals surface area contributed by atoms with Gasteiger partial charge in [-0.3, -0.25) is 0 Å². The van der Waals surface area contributed by atoms with Crippen molar-refractivity contribution in [1.29, 1.82) is 0 Å². The molecule has 1 fully saturated rings. The Kier molecular flexibility index (Phi) is 7.37. The molecule has 0 aliphatic carbocycles. The van der Waals surface area contributed by atoms with E-state index in [1.54, 1.807) is 7.11 Å². The van der Waals surface area contributed by atoms with E-state index in [-0.39, 0.29) is 0 Å². The number of halogens is 1. The molecule has 0 bridgehead atoms. The topological polar surface area (TPSA) is 27.7 Å². The highest BCUT2D eigenvalue weighted by Crippen LogP contribution is 2.36. The summed E-state index contributed by atoms with van der Waals surface area (Å²) in [5.74, 6) is 0.744. The number of methoxy groups -OCH3 is 1. The SMILES string of the molecule is COCCOCCCC1(CCl)CCOCC1. The van der Waals surface area contributed by atoms with Gasteiger partial charge in [-0.2, -0.15) is 0 Å². The van der Waals surface area contributed by atoms with Crippen LogP contribution in [0.2, 0.25) is 0 Å². The standard InChI is InChI=1S/C12H23ClO3/c1-14-9-10-15-6-2-3-12(11-13)4-7-16-8-5-12/h2-11H2,1H3. The van der Waals surface area contributed by atoms with Crippen LogP contribution in [0.4, 0.5) is 0 Å². The van der Waals surface area contributed by atoms with E-state index in [9.17, 15) is 0 Å². The Morgan fingerprint density at radius 3 is 2.56 bits per heavy atom. The van der Waals surface area contributed by atoms with E-state index in [1.807, 2.05) is 0 Å². The molecule has 1 rings (SSSR count). The fourth-order valence-corrected chi connectivity index (χ4v) is 2.45. The number of hydrogen-bond donors (Lipinski definition) is 0. The third-order valence-electron chi connectivity index (χ3n) is 3.26. The molecule has 0 aromatic rings. The van der Waals surface area contributed by atoms with E-state index in [1.165, 1.54) is 0 Å². The lowest BCUT2D eigenvalue weighted by molar-refractivity contribution is 0.0131. The van der Waals surface area contributed by atoms with Gasteiger partial charge in [0.2, 0.25) is 0 Å². The van der Waals surface area contributed by atoms with Crippen LogP contribution in [0, 0.1) is 5.41 Å². The summed E-state index contributed by atoms with van der Waals surface area (Å²) in [6.07, 6.45) is 4.41. The van der Waals surface area contributed by atoms with Crippen molar-refractivity contribution in [3.8, 4) is 0 Å². The maximum Gasteiger partial charge on any atom is 0.0700 e. The van der Waals surface area contributed by atoms with Gasteiger partial charge in [-0.15, -0.1) is 11.6 Å². The second-order valence-corrected chi connectivity index (χ2v) is 4.72. The highest BCUT2D eigenvalue weighted by Gasteiger charge is 2.30. The van der Waals surface area contributed by atoms with E-state index in [0.717, 1.165) is 51.4 Å². The molecule has 1 heterocycles. The first-order valence-corrected chi connectivity index (χ1v) is 6.57. The molecule has 96 valence electrons. The van der Waals surface area contributed by atoms with Crippen molar-refractivity contribution in [2.75, 3.05) is 46.0 Å². The molecule has 4 heteroatoms. The van der Waals surface area contributed by atoms with Crippen molar-refractivity contribution in [2.24, 2.45) is 5.41 Å². The van der Waals surface area contributed by atoms with E-state index < -0.39 is 0 Å². The van der Waals surface area contributed by atoms with Crippen LogP contribution in [-0.2, 0) is 14.2 Å². The Labute approximate surface area is 103 Å². The third kappa shape index (κ3) is 5.00. The van der Waals surface area contributed by atoms with E-state index in [4.69, 9.17) is 25.8 Å². The molecule has 16 heavy (non-hydrogen) atoms. The van der Waals surface area contributed by atoms with Crippen LogP contribution in [0.25, 0.3) is 0 Å². The predicted molar refractivity (Wildman–Crippen MR) is 65.1 cm³/mol. The Hall–Kier alpha value is 0.170. The van der Waals surface area contributed by atoms with Gasteiger partial charge in [0.1, 0.15) is 0 Å². The molecule has 3 nitrogen and oxygen atoms in total. The Balaban J connectivity index is 2.08. The van der Waals surface area contributed by atoms with Crippen LogP contribution >= 0.6 is 11.6 Å². The van der Waals surface area contributed by atoms with Gasteiger partial charge >= 0.3 is 0 Å². The first-order chi connectivity index (χ1) is 7.83. The van der Waals surface area contributed by atoms with Crippen molar-refractivity contribution in [1.82, 2.24) is 0 Å². The molecule has 1 saturated heterocycles. The molecule has 0 amide bonds. The van der Waals surface area contributed by atoms with Crippen LogP contribution in [0.15, 0.2) is 0 Å². The summed E-state index contributed by atoms with van der Waals surface area (Å²) >= 11 is 6.08. The molecule has 0 aromatic carbocycles. The van der Waals surface area contributed by atoms with Gasteiger partial charge in [-0.25, -0.2) is 0 Å². The zero-order valence-electron chi connectivity index (χ0n) is 10.2. The Bertz CT molecular complexity index is 170. The molecule has 1 aliphatic heterocycles. The quantitative estimate of drug-likeness (QED) is 0.489.